The Kier molecular flexibility index (Phi) is 5.08. The highest BCUT2D eigenvalue weighted by atomic mass is 79.9. The molecule has 0 radical (unpaired) electrons. The molecule has 2 rings (SSSR count). The van der Waals surface area contributed by atoms with Gasteiger partial charge in [0, 0.05) is 14.6 Å². The Bertz CT molecular complexity index is 776. The molecule has 7 heteroatoms. The van der Waals surface area contributed by atoms with Crippen LogP contribution in [0.4, 0.5) is 5.69 Å². The number of aliphatic hydroxyl groups is 1. The summed E-state index contributed by atoms with van der Waals surface area (Å²) in [6, 6.07) is 9.91. The Hall–Kier alpha value is -0.890. The third-order valence-electron chi connectivity index (χ3n) is 2.88. The molecule has 112 valence electrons. The van der Waals surface area contributed by atoms with Gasteiger partial charge in [-0.2, -0.15) is 0 Å². The predicted molar refractivity (Wildman–Crippen MR) is 89.8 cm³/mol. The van der Waals surface area contributed by atoms with Crippen molar-refractivity contribution in [3.8, 4) is 0 Å². The van der Waals surface area contributed by atoms with Gasteiger partial charge in [0.2, 0.25) is 0 Å². The smallest absolute Gasteiger partial charge is 0.263 e. The summed E-state index contributed by atoms with van der Waals surface area (Å²) in [6.45, 7) is 1.66. The zero-order chi connectivity index (χ0) is 15.6. The minimum atomic E-state index is -3.73. The molecular formula is C14H13Br2NO3S. The first-order valence-corrected chi connectivity index (χ1v) is 9.08. The summed E-state index contributed by atoms with van der Waals surface area (Å²) in [5.41, 5.74) is 1.95. The SMILES string of the molecule is Cc1cc(NS(=O)(=O)c2cc(CO)ccc2Br)ccc1Br. The van der Waals surface area contributed by atoms with Crippen LogP contribution in [0.1, 0.15) is 11.1 Å². The Labute approximate surface area is 140 Å². The summed E-state index contributed by atoms with van der Waals surface area (Å²) in [5, 5.41) is 9.14. The van der Waals surface area contributed by atoms with E-state index in [1.54, 1.807) is 30.3 Å². The molecule has 0 aliphatic rings. The maximum atomic E-state index is 12.5. The van der Waals surface area contributed by atoms with Crippen molar-refractivity contribution in [1.82, 2.24) is 0 Å². The molecule has 0 aromatic heterocycles. The minimum Gasteiger partial charge on any atom is -0.392 e. The van der Waals surface area contributed by atoms with E-state index >= 15 is 0 Å². The predicted octanol–water partition coefficient (Wildman–Crippen LogP) is 3.81. The quantitative estimate of drug-likeness (QED) is 0.768. The van der Waals surface area contributed by atoms with Gasteiger partial charge < -0.3 is 5.11 Å². The third-order valence-corrected chi connectivity index (χ3v) is 6.14. The number of sulfonamides is 1. The largest absolute Gasteiger partial charge is 0.392 e. The van der Waals surface area contributed by atoms with Crippen LogP contribution in [-0.4, -0.2) is 13.5 Å². The van der Waals surface area contributed by atoms with Crippen molar-refractivity contribution in [2.45, 2.75) is 18.4 Å². The van der Waals surface area contributed by atoms with E-state index in [0.717, 1.165) is 10.0 Å². The van der Waals surface area contributed by atoms with Crippen molar-refractivity contribution in [2.75, 3.05) is 4.72 Å². The molecule has 0 fully saturated rings. The summed E-state index contributed by atoms with van der Waals surface area (Å²) in [7, 11) is -3.73. The lowest BCUT2D eigenvalue weighted by Gasteiger charge is -2.11. The Balaban J connectivity index is 2.40. The van der Waals surface area contributed by atoms with Crippen LogP contribution >= 0.6 is 31.9 Å². The molecular weight excluding hydrogens is 422 g/mol. The maximum absolute atomic E-state index is 12.5. The Morgan fingerprint density at radius 1 is 1.10 bits per heavy atom. The number of anilines is 1. The molecule has 0 unspecified atom stereocenters. The second-order valence-corrected chi connectivity index (χ2v) is 7.85. The van der Waals surface area contributed by atoms with E-state index in [0.29, 0.717) is 15.7 Å². The van der Waals surface area contributed by atoms with Crippen LogP contribution in [0.15, 0.2) is 50.2 Å². The summed E-state index contributed by atoms with van der Waals surface area (Å²) < 4.78 is 28.8. The molecule has 0 spiro atoms. The van der Waals surface area contributed by atoms with Crippen molar-refractivity contribution in [3.63, 3.8) is 0 Å². The zero-order valence-corrected chi connectivity index (χ0v) is 15.1. The fourth-order valence-electron chi connectivity index (χ4n) is 1.77. The lowest BCUT2D eigenvalue weighted by molar-refractivity contribution is 0.281. The molecule has 4 nitrogen and oxygen atoms in total. The fourth-order valence-corrected chi connectivity index (χ4v) is 4.08. The van der Waals surface area contributed by atoms with E-state index in [1.807, 2.05) is 6.92 Å². The normalized spacial score (nSPS) is 11.4. The average molecular weight is 435 g/mol. The average Bonchev–Trinajstić information content (AvgIpc) is 2.43. The molecule has 0 heterocycles. The van der Waals surface area contributed by atoms with Crippen molar-refractivity contribution in [3.05, 3.63) is 56.5 Å². The van der Waals surface area contributed by atoms with E-state index in [2.05, 4.69) is 36.6 Å². The van der Waals surface area contributed by atoms with Crippen LogP contribution in [0, 0.1) is 6.92 Å². The maximum Gasteiger partial charge on any atom is 0.263 e. The van der Waals surface area contributed by atoms with Gasteiger partial charge in [-0.1, -0.05) is 22.0 Å². The van der Waals surface area contributed by atoms with Crippen LogP contribution in [0.3, 0.4) is 0 Å². The van der Waals surface area contributed by atoms with Gasteiger partial charge in [-0.15, -0.1) is 0 Å². The van der Waals surface area contributed by atoms with Gasteiger partial charge in [-0.05, 0) is 64.3 Å². The highest BCUT2D eigenvalue weighted by Crippen LogP contribution is 2.27. The summed E-state index contributed by atoms with van der Waals surface area (Å²) in [5.74, 6) is 0. The number of rotatable bonds is 4. The molecule has 0 saturated carbocycles. The van der Waals surface area contributed by atoms with Gasteiger partial charge in [0.1, 0.15) is 4.90 Å². The van der Waals surface area contributed by atoms with E-state index in [-0.39, 0.29) is 11.5 Å². The third kappa shape index (κ3) is 3.85. The number of hydrogen-bond donors (Lipinski definition) is 2. The fraction of sp³-hybridized carbons (Fsp3) is 0.143. The first-order chi connectivity index (χ1) is 9.83. The lowest BCUT2D eigenvalue weighted by atomic mass is 10.2. The van der Waals surface area contributed by atoms with Crippen LogP contribution in [0.25, 0.3) is 0 Å². The van der Waals surface area contributed by atoms with Crippen LogP contribution in [-0.2, 0) is 16.6 Å². The molecule has 0 aliphatic carbocycles. The molecule has 0 bridgehead atoms. The van der Waals surface area contributed by atoms with Crippen LogP contribution in [0.2, 0.25) is 0 Å². The zero-order valence-electron chi connectivity index (χ0n) is 11.1. The van der Waals surface area contributed by atoms with E-state index in [9.17, 15) is 8.42 Å². The second kappa shape index (κ2) is 6.48. The number of benzene rings is 2. The van der Waals surface area contributed by atoms with Gasteiger partial charge >= 0.3 is 0 Å². The van der Waals surface area contributed by atoms with Gasteiger partial charge in [0.05, 0.1) is 6.61 Å². The number of aliphatic hydroxyl groups excluding tert-OH is 1. The Morgan fingerprint density at radius 2 is 1.76 bits per heavy atom. The summed E-state index contributed by atoms with van der Waals surface area (Å²) >= 11 is 6.60. The monoisotopic (exact) mass is 433 g/mol. The van der Waals surface area contributed by atoms with Crippen molar-refractivity contribution >= 4 is 47.6 Å². The molecule has 2 aromatic rings. The minimum absolute atomic E-state index is 0.0922. The number of aryl methyl sites for hydroxylation is 1. The highest BCUT2D eigenvalue weighted by molar-refractivity contribution is 9.10. The van der Waals surface area contributed by atoms with Gasteiger partial charge in [0.15, 0.2) is 0 Å². The molecule has 2 N–H and O–H groups in total. The van der Waals surface area contributed by atoms with Gasteiger partial charge in [-0.25, -0.2) is 8.42 Å². The molecule has 2 aromatic carbocycles. The number of nitrogens with one attached hydrogen (secondary N) is 1. The van der Waals surface area contributed by atoms with Crippen molar-refractivity contribution < 1.29 is 13.5 Å². The van der Waals surface area contributed by atoms with Crippen LogP contribution < -0.4 is 4.72 Å². The standard InChI is InChI=1S/C14H13Br2NO3S/c1-9-6-11(3-5-12(9)15)17-21(19,20)14-7-10(8-18)2-4-13(14)16/h2-7,17-18H,8H2,1H3. The van der Waals surface area contributed by atoms with Crippen LogP contribution in [0.5, 0.6) is 0 Å². The molecule has 0 saturated heterocycles. The summed E-state index contributed by atoms with van der Waals surface area (Å²) in [6.07, 6.45) is 0. The van der Waals surface area contributed by atoms with E-state index in [1.165, 1.54) is 6.07 Å². The molecule has 0 atom stereocenters. The van der Waals surface area contributed by atoms with E-state index in [4.69, 9.17) is 5.11 Å². The van der Waals surface area contributed by atoms with Gasteiger partial charge in [0.25, 0.3) is 10.0 Å². The molecule has 21 heavy (non-hydrogen) atoms. The number of halogens is 2. The van der Waals surface area contributed by atoms with E-state index < -0.39 is 10.0 Å². The van der Waals surface area contributed by atoms with Crippen molar-refractivity contribution in [2.24, 2.45) is 0 Å². The lowest BCUT2D eigenvalue weighted by Crippen LogP contribution is -2.14. The highest BCUT2D eigenvalue weighted by Gasteiger charge is 2.18. The first kappa shape index (κ1) is 16.5. The van der Waals surface area contributed by atoms with Crippen molar-refractivity contribution in [1.29, 1.82) is 0 Å². The summed E-state index contributed by atoms with van der Waals surface area (Å²) in [4.78, 5) is 0.0922. The second-order valence-electron chi connectivity index (χ2n) is 4.49. The molecule has 0 amide bonds. The topological polar surface area (TPSA) is 66.4 Å². The Morgan fingerprint density at radius 3 is 2.38 bits per heavy atom. The molecule has 0 aliphatic heterocycles. The first-order valence-electron chi connectivity index (χ1n) is 6.02. The van der Waals surface area contributed by atoms with Gasteiger partial charge in [-0.3, -0.25) is 4.72 Å². The number of hydrogen-bond acceptors (Lipinski definition) is 3.